The number of aromatic nitrogens is 3. The third kappa shape index (κ3) is 3.43. The van der Waals surface area contributed by atoms with E-state index in [1.54, 1.807) is 17.5 Å². The minimum absolute atomic E-state index is 0.110. The van der Waals surface area contributed by atoms with Crippen molar-refractivity contribution in [3.05, 3.63) is 40.5 Å². The smallest absolute Gasteiger partial charge is 0.185 e. The van der Waals surface area contributed by atoms with Crippen LogP contribution >= 0.6 is 11.3 Å². The second-order valence-corrected chi connectivity index (χ2v) is 7.87. The normalized spacial score (nSPS) is 14.1. The molecule has 0 bridgehead atoms. The number of hydrogen-bond acceptors (Lipinski definition) is 5. The Morgan fingerprint density at radius 3 is 2.96 bits per heavy atom. The van der Waals surface area contributed by atoms with Crippen molar-refractivity contribution >= 4 is 23.5 Å². The predicted octanol–water partition coefficient (Wildman–Crippen LogP) is 3.29. The van der Waals surface area contributed by atoms with Gasteiger partial charge in [0.25, 0.3) is 0 Å². The Balaban J connectivity index is 1.79. The van der Waals surface area contributed by atoms with E-state index >= 15 is 0 Å². The molecule has 28 heavy (non-hydrogen) atoms. The van der Waals surface area contributed by atoms with Crippen molar-refractivity contribution in [2.45, 2.75) is 26.3 Å². The molecule has 0 atom stereocenters. The highest BCUT2D eigenvalue weighted by molar-refractivity contribution is 7.14. The molecule has 0 saturated heterocycles. The van der Waals surface area contributed by atoms with Gasteiger partial charge >= 0.3 is 0 Å². The Labute approximate surface area is 167 Å². The van der Waals surface area contributed by atoms with Crippen LogP contribution in [0.5, 0.6) is 5.75 Å². The number of aryl methyl sites for hydroxylation is 1. The fourth-order valence-corrected chi connectivity index (χ4v) is 4.16. The molecule has 8 heteroatoms. The van der Waals surface area contributed by atoms with Crippen molar-refractivity contribution in [3.63, 3.8) is 0 Å². The number of hydrogen-bond donors (Lipinski definition) is 1. The van der Waals surface area contributed by atoms with E-state index < -0.39 is 0 Å². The Morgan fingerprint density at radius 1 is 1.39 bits per heavy atom. The third-order valence-corrected chi connectivity index (χ3v) is 5.48. The summed E-state index contributed by atoms with van der Waals surface area (Å²) < 4.78 is 8.02. The average Bonchev–Trinajstić information content (AvgIpc) is 3.24. The molecule has 4 rings (SSSR count). The van der Waals surface area contributed by atoms with Crippen molar-refractivity contribution in [3.8, 4) is 28.4 Å². The number of ether oxygens (including phenoxy) is 1. The first-order chi connectivity index (χ1) is 13.6. The molecule has 0 saturated carbocycles. The van der Waals surface area contributed by atoms with Gasteiger partial charge in [-0.2, -0.15) is 0 Å². The third-order valence-electron chi connectivity index (χ3n) is 4.37. The molecule has 1 aliphatic heterocycles. The van der Waals surface area contributed by atoms with E-state index in [9.17, 15) is 0 Å². The zero-order valence-corrected chi connectivity index (χ0v) is 16.9. The summed E-state index contributed by atoms with van der Waals surface area (Å²) in [6, 6.07) is 6.25. The van der Waals surface area contributed by atoms with Gasteiger partial charge in [-0.15, -0.1) is 11.3 Å². The molecule has 2 aromatic heterocycles. The van der Waals surface area contributed by atoms with Gasteiger partial charge in [0.2, 0.25) is 0 Å². The molecule has 3 heterocycles. The van der Waals surface area contributed by atoms with Crippen LogP contribution in [0.1, 0.15) is 23.7 Å². The van der Waals surface area contributed by atoms with Gasteiger partial charge in [-0.1, -0.05) is 6.07 Å². The van der Waals surface area contributed by atoms with Crippen LogP contribution in [0.25, 0.3) is 22.6 Å². The van der Waals surface area contributed by atoms with E-state index in [0.29, 0.717) is 12.4 Å². The predicted molar refractivity (Wildman–Crippen MR) is 113 cm³/mol. The fraction of sp³-hybridized carbons (Fsp3) is 0.300. The maximum atomic E-state index is 6.03. The number of thiazole rings is 1. The number of aliphatic imine (C=N–C) groups is 2. The summed E-state index contributed by atoms with van der Waals surface area (Å²) in [5, 5.41) is 0.779. The molecule has 1 aliphatic rings. The van der Waals surface area contributed by atoms with Crippen LogP contribution < -0.4 is 10.5 Å². The van der Waals surface area contributed by atoms with Crippen LogP contribution in [0.3, 0.4) is 0 Å². The van der Waals surface area contributed by atoms with Crippen molar-refractivity contribution in [2.75, 3.05) is 6.61 Å². The van der Waals surface area contributed by atoms with Crippen LogP contribution in [-0.4, -0.2) is 39.4 Å². The van der Waals surface area contributed by atoms with Crippen molar-refractivity contribution in [2.24, 2.45) is 22.8 Å². The van der Waals surface area contributed by atoms with Gasteiger partial charge in [0.15, 0.2) is 10.8 Å². The summed E-state index contributed by atoms with van der Waals surface area (Å²) in [6.45, 7) is 4.61. The van der Waals surface area contributed by atoms with Crippen LogP contribution in [0.4, 0.5) is 0 Å². The monoisotopic (exact) mass is 394 g/mol. The highest BCUT2D eigenvalue weighted by Crippen LogP contribution is 2.39. The zero-order valence-electron chi connectivity index (χ0n) is 16.1. The summed E-state index contributed by atoms with van der Waals surface area (Å²) >= 11 is 1.60. The van der Waals surface area contributed by atoms with Crippen LogP contribution in [0, 0.1) is 0 Å². The topological polar surface area (TPSA) is 90.7 Å². The summed E-state index contributed by atoms with van der Waals surface area (Å²) in [5.74, 6) is 2.29. The largest absolute Gasteiger partial charge is 0.492 e. The minimum Gasteiger partial charge on any atom is -0.492 e. The first kappa shape index (κ1) is 18.4. The number of rotatable bonds is 3. The molecular formula is C20H22N6OS. The minimum atomic E-state index is 0.110. The van der Waals surface area contributed by atoms with E-state index in [-0.39, 0.29) is 6.04 Å². The summed E-state index contributed by atoms with van der Waals surface area (Å²) in [5.41, 5.74) is 8.44. The standard InChI is InChI=1S/C20H22N6OS/c1-12(2)24-18(23-11-21)20-25-17-14-5-4-13(19-22-7-8-26(19)3)10-15(14)27-9-6-16(17)28-20/h4-5,7-8,10-12H,6,9H2,1-3H3,(H2,21,23,24). The number of nitrogens with zero attached hydrogens (tertiary/aromatic N) is 5. The summed E-state index contributed by atoms with van der Waals surface area (Å²) in [7, 11) is 1.98. The van der Waals surface area contributed by atoms with E-state index in [2.05, 4.69) is 27.1 Å². The zero-order chi connectivity index (χ0) is 19.7. The Morgan fingerprint density at radius 2 is 2.25 bits per heavy atom. The second kappa shape index (κ2) is 7.55. The molecule has 2 N–H and O–H groups in total. The van der Waals surface area contributed by atoms with E-state index in [1.807, 2.05) is 37.7 Å². The maximum absolute atomic E-state index is 6.03. The molecule has 144 valence electrons. The van der Waals surface area contributed by atoms with Gasteiger partial charge < -0.3 is 15.0 Å². The van der Waals surface area contributed by atoms with Crippen molar-refractivity contribution in [1.29, 1.82) is 0 Å². The average molecular weight is 395 g/mol. The molecule has 0 aliphatic carbocycles. The molecule has 0 spiro atoms. The molecule has 0 unspecified atom stereocenters. The van der Waals surface area contributed by atoms with Gasteiger partial charge in [-0.25, -0.2) is 15.0 Å². The molecular weight excluding hydrogens is 372 g/mol. The summed E-state index contributed by atoms with van der Waals surface area (Å²) in [6.07, 6.45) is 5.78. The van der Waals surface area contributed by atoms with Crippen LogP contribution in [-0.2, 0) is 13.5 Å². The van der Waals surface area contributed by atoms with E-state index in [0.717, 1.165) is 39.8 Å². The highest BCUT2D eigenvalue weighted by Gasteiger charge is 2.23. The molecule has 1 aromatic carbocycles. The van der Waals surface area contributed by atoms with E-state index in [4.69, 9.17) is 15.5 Å². The van der Waals surface area contributed by atoms with Crippen molar-refractivity contribution < 1.29 is 4.74 Å². The molecule has 0 amide bonds. The van der Waals surface area contributed by atoms with E-state index in [1.165, 1.54) is 11.2 Å². The maximum Gasteiger partial charge on any atom is 0.185 e. The van der Waals surface area contributed by atoms with Gasteiger partial charge in [0.1, 0.15) is 11.6 Å². The first-order valence-electron chi connectivity index (χ1n) is 9.14. The first-order valence-corrected chi connectivity index (χ1v) is 9.95. The number of nitrogens with two attached hydrogens (primary N) is 1. The quantitative estimate of drug-likeness (QED) is 0.545. The van der Waals surface area contributed by atoms with Crippen LogP contribution in [0.15, 0.2) is 40.6 Å². The Hall–Kier alpha value is -3.00. The van der Waals surface area contributed by atoms with Gasteiger partial charge in [-0.3, -0.25) is 4.99 Å². The molecule has 3 aromatic rings. The van der Waals surface area contributed by atoms with Crippen molar-refractivity contribution in [1.82, 2.24) is 14.5 Å². The molecule has 0 radical (unpaired) electrons. The van der Waals surface area contributed by atoms with Crippen LogP contribution in [0.2, 0.25) is 0 Å². The highest BCUT2D eigenvalue weighted by atomic mass is 32.1. The lowest BCUT2D eigenvalue weighted by Crippen LogP contribution is -2.05. The summed E-state index contributed by atoms with van der Waals surface area (Å²) in [4.78, 5) is 19.2. The lowest BCUT2D eigenvalue weighted by atomic mass is 10.1. The second-order valence-electron chi connectivity index (χ2n) is 6.79. The number of imidazole rings is 1. The Kier molecular flexibility index (Phi) is 4.95. The van der Waals surface area contributed by atoms with Gasteiger partial charge in [-0.05, 0) is 26.0 Å². The van der Waals surface area contributed by atoms with Gasteiger partial charge in [0.05, 0.1) is 18.6 Å². The Bertz CT molecular complexity index is 1060. The lowest BCUT2D eigenvalue weighted by molar-refractivity contribution is 0.327. The fourth-order valence-electron chi connectivity index (χ4n) is 3.16. The number of amidine groups is 1. The lowest BCUT2D eigenvalue weighted by Gasteiger charge is -2.09. The molecule has 0 fully saturated rings. The molecule has 7 nitrogen and oxygen atoms in total. The number of fused-ring (bicyclic) bond motifs is 3. The SMILES string of the molecule is CC(C)N=C(N=CN)c1nc2c(s1)CCOc1cc(-c3nccn3C)ccc1-2. The number of benzene rings is 1. The van der Waals surface area contributed by atoms with Gasteiger partial charge in [0, 0.05) is 47.9 Å².